The Balaban J connectivity index is 3.14. The Hall–Kier alpha value is -1.11. The van der Waals surface area contributed by atoms with Crippen LogP contribution in [0.1, 0.15) is 24.0 Å². The van der Waals surface area contributed by atoms with E-state index in [2.05, 4.69) is 13.5 Å². The van der Waals surface area contributed by atoms with Crippen LogP contribution in [0.3, 0.4) is 0 Å². The van der Waals surface area contributed by atoms with E-state index in [1.54, 1.807) is 18.2 Å². The molecule has 0 saturated carbocycles. The van der Waals surface area contributed by atoms with Crippen molar-refractivity contribution in [3.63, 3.8) is 0 Å². The molecule has 1 aromatic carbocycles. The van der Waals surface area contributed by atoms with Crippen molar-refractivity contribution in [2.24, 2.45) is 0 Å². The molecule has 0 saturated heterocycles. The van der Waals surface area contributed by atoms with E-state index in [0.717, 1.165) is 5.56 Å². The smallest absolute Gasteiger partial charge is 0.130 e. The highest BCUT2D eigenvalue weighted by Gasteiger charge is 2.09. The van der Waals surface area contributed by atoms with Crippen molar-refractivity contribution in [1.29, 1.82) is 0 Å². The van der Waals surface area contributed by atoms with Crippen molar-refractivity contribution in [3.05, 3.63) is 54.7 Å². The van der Waals surface area contributed by atoms with Gasteiger partial charge in [-0.1, -0.05) is 31.2 Å². The molecule has 0 spiro atoms. The topological polar surface area (TPSA) is 0 Å². The average Bonchev–Trinajstić information content (AvgIpc) is 2.17. The van der Waals surface area contributed by atoms with Gasteiger partial charge in [0.25, 0.3) is 0 Å². The van der Waals surface area contributed by atoms with E-state index in [9.17, 15) is 4.39 Å². The summed E-state index contributed by atoms with van der Waals surface area (Å²) in [5.41, 5.74) is 1.38. The lowest BCUT2D eigenvalue weighted by atomic mass is 9.97. The molecule has 0 aliphatic heterocycles. The summed E-state index contributed by atoms with van der Waals surface area (Å²) in [6.07, 6.45) is 2.36. The highest BCUT2D eigenvalue weighted by Crippen LogP contribution is 2.22. The van der Waals surface area contributed by atoms with E-state index in [4.69, 9.17) is 0 Å². The van der Waals surface area contributed by atoms with Crippen LogP contribution in [-0.2, 0) is 6.42 Å². The van der Waals surface area contributed by atoms with Crippen LogP contribution >= 0.6 is 0 Å². The standard InChI is InChI=1S/C12H14F/c1-4-9(3)11-8-6-7-10(5-2)12(11)13/h4,6-9H,1,3,5H2,2H3. The summed E-state index contributed by atoms with van der Waals surface area (Å²) < 4.78 is 13.6. The van der Waals surface area contributed by atoms with Crippen molar-refractivity contribution in [2.75, 3.05) is 0 Å². The van der Waals surface area contributed by atoms with Gasteiger partial charge in [-0.05, 0) is 24.5 Å². The highest BCUT2D eigenvalue weighted by molar-refractivity contribution is 5.31. The van der Waals surface area contributed by atoms with Gasteiger partial charge >= 0.3 is 0 Å². The van der Waals surface area contributed by atoms with Crippen molar-refractivity contribution in [3.8, 4) is 0 Å². The number of benzene rings is 1. The first-order chi connectivity index (χ1) is 6.20. The normalized spacial score (nSPS) is 12.5. The molecule has 13 heavy (non-hydrogen) atoms. The number of aryl methyl sites for hydroxylation is 1. The molecule has 0 aliphatic carbocycles. The van der Waals surface area contributed by atoms with Gasteiger partial charge in [-0.3, -0.25) is 0 Å². The summed E-state index contributed by atoms with van der Waals surface area (Å²) in [6, 6.07) is 5.42. The Morgan fingerprint density at radius 2 is 2.23 bits per heavy atom. The van der Waals surface area contributed by atoms with Gasteiger partial charge in [0.1, 0.15) is 5.82 Å². The zero-order valence-electron chi connectivity index (χ0n) is 7.89. The zero-order valence-corrected chi connectivity index (χ0v) is 7.89. The van der Waals surface area contributed by atoms with Crippen molar-refractivity contribution < 1.29 is 4.39 Å². The molecule has 0 nitrogen and oxygen atoms in total. The molecule has 0 fully saturated rings. The van der Waals surface area contributed by atoms with Crippen molar-refractivity contribution in [1.82, 2.24) is 0 Å². The van der Waals surface area contributed by atoms with Crippen LogP contribution in [-0.4, -0.2) is 0 Å². The van der Waals surface area contributed by atoms with Gasteiger partial charge in [-0.25, -0.2) is 4.39 Å². The first-order valence-corrected chi connectivity index (χ1v) is 4.43. The number of hydrogen-bond donors (Lipinski definition) is 0. The number of rotatable bonds is 3. The molecule has 0 aliphatic rings. The summed E-state index contributed by atoms with van der Waals surface area (Å²) in [5.74, 6) is -0.295. The molecule has 1 unspecified atom stereocenters. The quantitative estimate of drug-likeness (QED) is 0.620. The third-order valence-corrected chi connectivity index (χ3v) is 2.17. The molecule has 0 amide bonds. The second-order valence-corrected chi connectivity index (χ2v) is 3.02. The summed E-state index contributed by atoms with van der Waals surface area (Å²) in [7, 11) is 0. The third-order valence-electron chi connectivity index (χ3n) is 2.17. The molecule has 0 heterocycles. The van der Waals surface area contributed by atoms with Crippen LogP contribution in [0.15, 0.2) is 30.9 Å². The zero-order chi connectivity index (χ0) is 9.84. The summed E-state index contributed by atoms with van der Waals surface area (Å²) in [5, 5.41) is 0. The molecule has 0 bridgehead atoms. The fraction of sp³-hybridized carbons (Fsp3) is 0.250. The Labute approximate surface area is 79.1 Å². The maximum atomic E-state index is 13.6. The molecule has 0 aromatic heterocycles. The van der Waals surface area contributed by atoms with E-state index in [0.29, 0.717) is 12.0 Å². The minimum absolute atomic E-state index is 0.134. The Morgan fingerprint density at radius 1 is 1.54 bits per heavy atom. The second-order valence-electron chi connectivity index (χ2n) is 3.02. The molecule has 1 radical (unpaired) electrons. The molecular formula is C12H14F. The highest BCUT2D eigenvalue weighted by atomic mass is 19.1. The van der Waals surface area contributed by atoms with E-state index < -0.39 is 0 Å². The molecular weight excluding hydrogens is 163 g/mol. The first kappa shape index (κ1) is 9.97. The third kappa shape index (κ3) is 1.97. The molecule has 0 N–H and O–H groups in total. The fourth-order valence-electron chi connectivity index (χ4n) is 1.29. The molecule has 1 atom stereocenters. The maximum absolute atomic E-state index is 13.6. The van der Waals surface area contributed by atoms with Gasteiger partial charge in [0, 0.05) is 5.92 Å². The molecule has 1 rings (SSSR count). The fourth-order valence-corrected chi connectivity index (χ4v) is 1.29. The van der Waals surface area contributed by atoms with Crippen molar-refractivity contribution >= 4 is 0 Å². The van der Waals surface area contributed by atoms with Crippen LogP contribution < -0.4 is 0 Å². The summed E-state index contributed by atoms with van der Waals surface area (Å²) in [6.45, 7) is 9.35. The minimum Gasteiger partial charge on any atom is -0.206 e. The lowest BCUT2D eigenvalue weighted by molar-refractivity contribution is 0.594. The molecule has 1 heteroatoms. The minimum atomic E-state index is -0.161. The van der Waals surface area contributed by atoms with Gasteiger partial charge in [0.05, 0.1) is 0 Å². The lowest BCUT2D eigenvalue weighted by Crippen LogP contribution is -1.98. The van der Waals surface area contributed by atoms with Gasteiger partial charge < -0.3 is 0 Å². The van der Waals surface area contributed by atoms with Gasteiger partial charge in [-0.2, -0.15) is 0 Å². The number of halogens is 1. The van der Waals surface area contributed by atoms with Crippen LogP contribution in [0, 0.1) is 12.7 Å². The summed E-state index contributed by atoms with van der Waals surface area (Å²) >= 11 is 0. The van der Waals surface area contributed by atoms with Crippen LogP contribution in [0.25, 0.3) is 0 Å². The monoisotopic (exact) mass is 177 g/mol. The number of allylic oxidation sites excluding steroid dienone is 1. The predicted octanol–water partition coefficient (Wildman–Crippen LogP) is 3.49. The Bertz CT molecular complexity index is 302. The largest absolute Gasteiger partial charge is 0.206 e. The van der Waals surface area contributed by atoms with Crippen molar-refractivity contribution in [2.45, 2.75) is 19.3 Å². The van der Waals surface area contributed by atoms with E-state index in [-0.39, 0.29) is 11.7 Å². The Morgan fingerprint density at radius 3 is 2.77 bits per heavy atom. The van der Waals surface area contributed by atoms with E-state index >= 15 is 0 Å². The SMILES string of the molecule is [CH2]C(C=C)c1cccc(CC)c1F. The first-order valence-electron chi connectivity index (χ1n) is 4.43. The molecule has 69 valence electrons. The Kier molecular flexibility index (Phi) is 3.24. The van der Waals surface area contributed by atoms with Crippen LogP contribution in [0.4, 0.5) is 4.39 Å². The lowest BCUT2D eigenvalue weighted by Gasteiger charge is -2.09. The summed E-state index contributed by atoms with van der Waals surface area (Å²) in [4.78, 5) is 0. The number of hydrogen-bond acceptors (Lipinski definition) is 0. The molecule has 1 aromatic rings. The van der Waals surface area contributed by atoms with Gasteiger partial charge in [0.2, 0.25) is 0 Å². The van der Waals surface area contributed by atoms with Crippen LogP contribution in [0.2, 0.25) is 0 Å². The maximum Gasteiger partial charge on any atom is 0.130 e. The van der Waals surface area contributed by atoms with Gasteiger partial charge in [0.15, 0.2) is 0 Å². The predicted molar refractivity (Wildman–Crippen MR) is 54.1 cm³/mol. The second kappa shape index (κ2) is 4.22. The van der Waals surface area contributed by atoms with Crippen LogP contribution in [0.5, 0.6) is 0 Å². The van der Waals surface area contributed by atoms with Gasteiger partial charge in [-0.15, -0.1) is 6.58 Å². The van der Waals surface area contributed by atoms with E-state index in [1.165, 1.54) is 0 Å². The van der Waals surface area contributed by atoms with E-state index in [1.807, 2.05) is 13.0 Å². The average molecular weight is 177 g/mol.